The Morgan fingerprint density at radius 1 is 1.07 bits per heavy atom. The normalized spacial score (nSPS) is 12.9. The Morgan fingerprint density at radius 3 is 2.19 bits per heavy atom. The molecule has 27 heavy (non-hydrogen) atoms. The van der Waals surface area contributed by atoms with Crippen LogP contribution >= 0.6 is 11.8 Å². The molecule has 0 fully saturated rings. The van der Waals surface area contributed by atoms with Gasteiger partial charge < -0.3 is 0 Å². The van der Waals surface area contributed by atoms with Crippen molar-refractivity contribution in [2.75, 3.05) is 13.1 Å². The van der Waals surface area contributed by atoms with Gasteiger partial charge in [-0.05, 0) is 31.0 Å². The minimum Gasteiger partial charge on any atom is -0.293 e. The van der Waals surface area contributed by atoms with Crippen LogP contribution in [-0.2, 0) is 16.4 Å². The maximum absolute atomic E-state index is 12.6. The van der Waals surface area contributed by atoms with E-state index in [2.05, 4.69) is 11.9 Å². The molecule has 1 unspecified atom stereocenters. The highest BCUT2D eigenvalue weighted by molar-refractivity contribution is 8.00. The third-order valence-corrected chi connectivity index (χ3v) is 7.45. The molecule has 0 aliphatic heterocycles. The standard InChI is InChI=1S/C20H26N2O3S2/c1-5-16-8-10-17(11-9-16)20(23)15(4)26-19-13-12-18(14-21-19)27(24,25)22(6-2)7-3/h8-15H,5-7H2,1-4H3. The molecule has 2 rings (SSSR count). The van der Waals surface area contributed by atoms with Crippen molar-refractivity contribution in [3.63, 3.8) is 0 Å². The summed E-state index contributed by atoms with van der Waals surface area (Å²) in [6.45, 7) is 8.35. The fourth-order valence-corrected chi connectivity index (χ4v) is 4.95. The number of pyridine rings is 1. The Morgan fingerprint density at radius 2 is 1.70 bits per heavy atom. The van der Waals surface area contributed by atoms with Crippen molar-refractivity contribution in [1.29, 1.82) is 0 Å². The van der Waals surface area contributed by atoms with E-state index in [0.29, 0.717) is 23.7 Å². The molecule has 1 atom stereocenters. The Labute approximate surface area is 166 Å². The fraction of sp³-hybridized carbons (Fsp3) is 0.400. The zero-order chi connectivity index (χ0) is 20.0. The molecule has 146 valence electrons. The fourth-order valence-electron chi connectivity index (χ4n) is 2.68. The van der Waals surface area contributed by atoms with Gasteiger partial charge in [-0.2, -0.15) is 4.31 Å². The highest BCUT2D eigenvalue weighted by Gasteiger charge is 2.22. The minimum absolute atomic E-state index is 0.0318. The van der Waals surface area contributed by atoms with Gasteiger partial charge in [-0.1, -0.05) is 56.8 Å². The molecule has 2 aromatic rings. The molecule has 0 aliphatic rings. The second-order valence-electron chi connectivity index (χ2n) is 6.10. The number of hydrogen-bond donors (Lipinski definition) is 0. The number of carbonyl (C=O) groups excluding carboxylic acids is 1. The van der Waals surface area contributed by atoms with Crippen LogP contribution in [0.4, 0.5) is 0 Å². The van der Waals surface area contributed by atoms with Crippen molar-refractivity contribution in [2.24, 2.45) is 0 Å². The summed E-state index contributed by atoms with van der Waals surface area (Å²) in [6.07, 6.45) is 2.30. The number of rotatable bonds is 9. The lowest BCUT2D eigenvalue weighted by molar-refractivity contribution is 0.0994. The van der Waals surface area contributed by atoms with E-state index in [-0.39, 0.29) is 15.9 Å². The number of carbonyl (C=O) groups is 1. The number of thioether (sulfide) groups is 1. The van der Waals surface area contributed by atoms with Crippen molar-refractivity contribution in [3.05, 3.63) is 53.7 Å². The molecule has 0 saturated carbocycles. The summed E-state index contributed by atoms with van der Waals surface area (Å²) >= 11 is 1.33. The van der Waals surface area contributed by atoms with E-state index in [9.17, 15) is 13.2 Å². The van der Waals surface area contributed by atoms with E-state index in [1.807, 2.05) is 31.2 Å². The lowest BCUT2D eigenvalue weighted by Gasteiger charge is -2.18. The molecular weight excluding hydrogens is 380 g/mol. The summed E-state index contributed by atoms with van der Waals surface area (Å²) in [4.78, 5) is 17.0. The summed E-state index contributed by atoms with van der Waals surface area (Å²) in [6, 6.07) is 10.9. The predicted octanol–water partition coefficient (Wildman–Crippen LogP) is 4.04. The molecule has 0 amide bonds. The van der Waals surface area contributed by atoms with Gasteiger partial charge in [-0.15, -0.1) is 0 Å². The van der Waals surface area contributed by atoms with E-state index < -0.39 is 10.0 Å². The molecule has 0 N–H and O–H groups in total. The number of aromatic nitrogens is 1. The van der Waals surface area contributed by atoms with E-state index >= 15 is 0 Å². The Bertz CT molecular complexity index is 859. The Hall–Kier alpha value is -1.70. The van der Waals surface area contributed by atoms with Gasteiger partial charge >= 0.3 is 0 Å². The number of sulfonamides is 1. The van der Waals surface area contributed by atoms with Crippen LogP contribution in [0.5, 0.6) is 0 Å². The zero-order valence-electron chi connectivity index (χ0n) is 16.2. The largest absolute Gasteiger partial charge is 0.293 e. The topological polar surface area (TPSA) is 67.3 Å². The van der Waals surface area contributed by atoms with E-state index in [1.165, 1.54) is 27.8 Å². The molecule has 0 bridgehead atoms. The second-order valence-corrected chi connectivity index (χ2v) is 9.40. The average molecular weight is 407 g/mol. The number of benzene rings is 1. The van der Waals surface area contributed by atoms with Gasteiger partial charge in [0, 0.05) is 24.8 Å². The molecule has 0 saturated heterocycles. The molecule has 1 heterocycles. The van der Waals surface area contributed by atoms with Crippen LogP contribution in [0.2, 0.25) is 0 Å². The number of aryl methyl sites for hydroxylation is 1. The van der Waals surface area contributed by atoms with Gasteiger partial charge in [0.25, 0.3) is 0 Å². The predicted molar refractivity (Wildman–Crippen MR) is 110 cm³/mol. The van der Waals surface area contributed by atoms with Crippen LogP contribution < -0.4 is 0 Å². The Balaban J connectivity index is 2.10. The monoisotopic (exact) mass is 406 g/mol. The van der Waals surface area contributed by atoms with E-state index in [4.69, 9.17) is 0 Å². The smallest absolute Gasteiger partial charge is 0.244 e. The van der Waals surface area contributed by atoms with Crippen LogP contribution in [-0.4, -0.2) is 41.8 Å². The zero-order valence-corrected chi connectivity index (χ0v) is 17.8. The first-order chi connectivity index (χ1) is 12.8. The first-order valence-electron chi connectivity index (χ1n) is 9.09. The third-order valence-electron chi connectivity index (χ3n) is 4.37. The number of Topliss-reactive ketones (excluding diaryl/α,β-unsaturated/α-hetero) is 1. The van der Waals surface area contributed by atoms with Crippen LogP contribution in [0.15, 0.2) is 52.5 Å². The second kappa shape index (κ2) is 9.48. The van der Waals surface area contributed by atoms with Crippen LogP contribution in [0.3, 0.4) is 0 Å². The highest BCUT2D eigenvalue weighted by atomic mass is 32.2. The lowest BCUT2D eigenvalue weighted by atomic mass is 10.1. The van der Waals surface area contributed by atoms with Crippen molar-refractivity contribution >= 4 is 27.6 Å². The summed E-state index contributed by atoms with van der Waals surface area (Å²) in [5, 5.41) is 0.315. The van der Waals surface area contributed by atoms with Gasteiger partial charge in [0.05, 0.1) is 10.3 Å². The quantitative estimate of drug-likeness (QED) is 0.464. The minimum atomic E-state index is -3.52. The first-order valence-corrected chi connectivity index (χ1v) is 11.4. The number of ketones is 1. The summed E-state index contributed by atoms with van der Waals surface area (Å²) < 4.78 is 26.4. The van der Waals surface area contributed by atoms with Gasteiger partial charge in [0.1, 0.15) is 4.90 Å². The van der Waals surface area contributed by atoms with Crippen LogP contribution in [0.1, 0.15) is 43.6 Å². The molecule has 0 spiro atoms. The SMILES string of the molecule is CCc1ccc(C(=O)C(C)Sc2ccc(S(=O)(=O)N(CC)CC)cn2)cc1. The van der Waals surface area contributed by atoms with Gasteiger partial charge in [-0.25, -0.2) is 13.4 Å². The maximum Gasteiger partial charge on any atom is 0.244 e. The van der Waals surface area contributed by atoms with Crippen molar-refractivity contribution < 1.29 is 13.2 Å². The number of nitrogens with zero attached hydrogens (tertiary/aromatic N) is 2. The molecule has 1 aromatic heterocycles. The van der Waals surface area contributed by atoms with Crippen LogP contribution in [0, 0.1) is 0 Å². The summed E-state index contributed by atoms with van der Waals surface area (Å²) in [7, 11) is -3.52. The maximum atomic E-state index is 12.6. The van der Waals surface area contributed by atoms with Gasteiger partial charge in [-0.3, -0.25) is 4.79 Å². The molecule has 5 nitrogen and oxygen atoms in total. The first kappa shape index (κ1) is 21.6. The van der Waals surface area contributed by atoms with Gasteiger partial charge in [0.15, 0.2) is 5.78 Å². The van der Waals surface area contributed by atoms with Crippen molar-refractivity contribution in [1.82, 2.24) is 9.29 Å². The van der Waals surface area contributed by atoms with Crippen molar-refractivity contribution in [3.8, 4) is 0 Å². The molecule has 0 aliphatic carbocycles. The van der Waals surface area contributed by atoms with Gasteiger partial charge in [0.2, 0.25) is 10.0 Å². The third kappa shape index (κ3) is 5.18. The number of hydrogen-bond acceptors (Lipinski definition) is 5. The molecule has 0 radical (unpaired) electrons. The average Bonchev–Trinajstić information content (AvgIpc) is 2.68. The van der Waals surface area contributed by atoms with Crippen molar-refractivity contribution in [2.45, 2.75) is 49.3 Å². The molecular formula is C20H26N2O3S2. The highest BCUT2D eigenvalue weighted by Crippen LogP contribution is 2.25. The summed E-state index contributed by atoms with van der Waals surface area (Å²) in [5.41, 5.74) is 1.87. The molecule has 1 aromatic carbocycles. The summed E-state index contributed by atoms with van der Waals surface area (Å²) in [5.74, 6) is 0.0318. The van der Waals surface area contributed by atoms with Crippen LogP contribution in [0.25, 0.3) is 0 Å². The molecule has 7 heteroatoms. The lowest BCUT2D eigenvalue weighted by Crippen LogP contribution is -2.30. The Kier molecular flexibility index (Phi) is 7.59. The van der Waals surface area contributed by atoms with E-state index in [1.54, 1.807) is 26.0 Å². The van der Waals surface area contributed by atoms with E-state index in [0.717, 1.165) is 6.42 Å².